The molecule has 0 heterocycles. The third-order valence-corrected chi connectivity index (χ3v) is 2.54. The fourth-order valence-corrected chi connectivity index (χ4v) is 1.10. The van der Waals surface area contributed by atoms with Gasteiger partial charge in [0.1, 0.15) is 12.4 Å². The van der Waals surface area contributed by atoms with Gasteiger partial charge in [0.2, 0.25) is 0 Å². The quantitative estimate of drug-likeness (QED) is 0.788. The zero-order valence-electron chi connectivity index (χ0n) is 9.01. The second-order valence-electron chi connectivity index (χ2n) is 3.69. The summed E-state index contributed by atoms with van der Waals surface area (Å²) in [6.07, 6.45) is 0. The van der Waals surface area contributed by atoms with Crippen molar-refractivity contribution >= 4 is 23.5 Å². The van der Waals surface area contributed by atoms with Crippen LogP contribution in [0.25, 0.3) is 0 Å². The van der Waals surface area contributed by atoms with Gasteiger partial charge in [-0.3, -0.25) is 9.59 Å². The van der Waals surface area contributed by atoms with Gasteiger partial charge in [0, 0.05) is 5.02 Å². The molecule has 0 saturated heterocycles. The summed E-state index contributed by atoms with van der Waals surface area (Å²) in [5, 5.41) is 18.2. The Hall–Kier alpha value is -1.75. The number of carboxylic acids is 2. The van der Waals surface area contributed by atoms with Gasteiger partial charge in [-0.15, -0.1) is 0 Å². The monoisotopic (exact) mass is 258 g/mol. The topological polar surface area (TPSA) is 83.8 Å². The largest absolute Gasteiger partial charge is 0.492 e. The summed E-state index contributed by atoms with van der Waals surface area (Å²) >= 11 is 5.66. The summed E-state index contributed by atoms with van der Waals surface area (Å²) < 4.78 is 5.13. The van der Waals surface area contributed by atoms with E-state index in [0.29, 0.717) is 10.8 Å². The van der Waals surface area contributed by atoms with Crippen LogP contribution >= 0.6 is 11.6 Å². The Kier molecular flexibility index (Phi) is 3.96. The Morgan fingerprint density at radius 3 is 2.12 bits per heavy atom. The maximum Gasteiger partial charge on any atom is 0.324 e. The molecule has 2 N–H and O–H groups in total. The van der Waals surface area contributed by atoms with Crippen molar-refractivity contribution in [3.05, 3.63) is 29.3 Å². The van der Waals surface area contributed by atoms with E-state index in [2.05, 4.69) is 0 Å². The minimum absolute atomic E-state index is 0.364. The molecule has 0 aliphatic rings. The molecule has 1 aromatic rings. The van der Waals surface area contributed by atoms with Gasteiger partial charge in [-0.05, 0) is 31.2 Å². The number of halogens is 1. The van der Waals surface area contributed by atoms with Crippen molar-refractivity contribution in [2.75, 3.05) is 6.61 Å². The fourth-order valence-electron chi connectivity index (χ4n) is 0.973. The number of hydrogen-bond donors (Lipinski definition) is 2. The lowest BCUT2D eigenvalue weighted by Crippen LogP contribution is -2.41. The predicted molar refractivity (Wildman–Crippen MR) is 60.3 cm³/mol. The second-order valence-corrected chi connectivity index (χ2v) is 4.12. The standard InChI is InChI=1S/C11H11ClO5/c1-11(9(13)14,10(15)16)6-17-8-4-2-7(12)3-5-8/h2-5H,6H2,1H3,(H,13,14)(H,15,16). The van der Waals surface area contributed by atoms with E-state index in [1.54, 1.807) is 12.1 Å². The first-order chi connectivity index (χ1) is 7.86. The molecule has 0 aliphatic carbocycles. The molecule has 1 aromatic carbocycles. The highest BCUT2D eigenvalue weighted by Crippen LogP contribution is 2.21. The summed E-state index contributed by atoms with van der Waals surface area (Å²) in [5.41, 5.74) is -1.97. The van der Waals surface area contributed by atoms with Crippen LogP contribution in [0.3, 0.4) is 0 Å². The molecule has 0 aromatic heterocycles. The molecule has 0 bridgehead atoms. The molecule has 0 aliphatic heterocycles. The first kappa shape index (κ1) is 13.3. The highest BCUT2D eigenvalue weighted by molar-refractivity contribution is 6.30. The summed E-state index contributed by atoms with van der Waals surface area (Å²) in [4.78, 5) is 21.7. The number of carboxylic acid groups (broad SMARTS) is 2. The minimum Gasteiger partial charge on any atom is -0.492 e. The molecule has 1 rings (SSSR count). The van der Waals surface area contributed by atoms with Crippen LogP contribution in [0.4, 0.5) is 0 Å². The molecular weight excluding hydrogens is 248 g/mol. The Morgan fingerprint density at radius 2 is 1.71 bits per heavy atom. The molecule has 0 spiro atoms. The molecule has 0 atom stereocenters. The summed E-state index contributed by atoms with van der Waals surface area (Å²) in [5.74, 6) is -2.53. The van der Waals surface area contributed by atoms with E-state index in [0.717, 1.165) is 6.92 Å². The van der Waals surface area contributed by atoms with Crippen LogP contribution in [0.1, 0.15) is 6.92 Å². The van der Waals surface area contributed by atoms with Crippen LogP contribution in [0, 0.1) is 5.41 Å². The average Bonchev–Trinajstić information content (AvgIpc) is 2.27. The number of rotatable bonds is 5. The zero-order valence-corrected chi connectivity index (χ0v) is 9.77. The van der Waals surface area contributed by atoms with Crippen LogP contribution in [0.5, 0.6) is 5.75 Å². The van der Waals surface area contributed by atoms with Crippen molar-refractivity contribution in [1.82, 2.24) is 0 Å². The molecule has 0 saturated carbocycles. The predicted octanol–water partition coefficient (Wildman–Crippen LogP) is 1.89. The Morgan fingerprint density at radius 1 is 1.24 bits per heavy atom. The van der Waals surface area contributed by atoms with Crippen LogP contribution in [-0.4, -0.2) is 28.8 Å². The molecule has 0 amide bonds. The van der Waals surface area contributed by atoms with Gasteiger partial charge in [-0.1, -0.05) is 11.6 Å². The van der Waals surface area contributed by atoms with Gasteiger partial charge in [0.05, 0.1) is 0 Å². The van der Waals surface area contributed by atoms with E-state index < -0.39 is 24.0 Å². The lowest BCUT2D eigenvalue weighted by molar-refractivity contribution is -0.165. The van der Waals surface area contributed by atoms with Crippen LogP contribution in [0.15, 0.2) is 24.3 Å². The summed E-state index contributed by atoms with van der Waals surface area (Å²) in [7, 11) is 0. The molecule has 0 radical (unpaired) electrons. The van der Waals surface area contributed by atoms with Crippen LogP contribution in [0.2, 0.25) is 5.02 Å². The molecule has 0 unspecified atom stereocenters. The average molecular weight is 259 g/mol. The number of aliphatic carboxylic acids is 2. The Bertz CT molecular complexity index is 412. The van der Waals surface area contributed by atoms with E-state index in [4.69, 9.17) is 26.6 Å². The van der Waals surface area contributed by atoms with Gasteiger partial charge in [0.15, 0.2) is 5.41 Å². The van der Waals surface area contributed by atoms with Gasteiger partial charge in [-0.2, -0.15) is 0 Å². The molecule has 6 heteroatoms. The highest BCUT2D eigenvalue weighted by Gasteiger charge is 2.42. The van der Waals surface area contributed by atoms with Crippen molar-refractivity contribution in [3.63, 3.8) is 0 Å². The first-order valence-electron chi connectivity index (χ1n) is 4.71. The van der Waals surface area contributed by atoms with Gasteiger partial charge >= 0.3 is 11.9 Å². The normalized spacial score (nSPS) is 10.9. The number of hydrogen-bond acceptors (Lipinski definition) is 3. The van der Waals surface area contributed by atoms with Gasteiger partial charge in [0.25, 0.3) is 0 Å². The van der Waals surface area contributed by atoms with Crippen molar-refractivity contribution < 1.29 is 24.5 Å². The maximum absolute atomic E-state index is 10.9. The van der Waals surface area contributed by atoms with Gasteiger partial charge in [-0.25, -0.2) is 0 Å². The van der Waals surface area contributed by atoms with Gasteiger partial charge < -0.3 is 14.9 Å². The van der Waals surface area contributed by atoms with Crippen molar-refractivity contribution in [1.29, 1.82) is 0 Å². The van der Waals surface area contributed by atoms with Crippen molar-refractivity contribution in [2.45, 2.75) is 6.92 Å². The lowest BCUT2D eigenvalue weighted by atomic mass is 9.92. The molecule has 92 valence electrons. The number of ether oxygens (including phenoxy) is 1. The molecule has 0 fully saturated rings. The Labute approximate surface area is 103 Å². The minimum atomic E-state index is -1.97. The first-order valence-corrected chi connectivity index (χ1v) is 5.09. The number of benzene rings is 1. The zero-order chi connectivity index (χ0) is 13.1. The van der Waals surface area contributed by atoms with E-state index >= 15 is 0 Å². The molecule has 17 heavy (non-hydrogen) atoms. The summed E-state index contributed by atoms with van der Waals surface area (Å²) in [6.45, 7) is 0.632. The van der Waals surface area contributed by atoms with Crippen LogP contribution < -0.4 is 4.74 Å². The van der Waals surface area contributed by atoms with Crippen molar-refractivity contribution in [2.24, 2.45) is 5.41 Å². The SMILES string of the molecule is CC(COc1ccc(Cl)cc1)(C(=O)O)C(=O)O. The van der Waals surface area contributed by atoms with Crippen molar-refractivity contribution in [3.8, 4) is 5.75 Å². The highest BCUT2D eigenvalue weighted by atomic mass is 35.5. The lowest BCUT2D eigenvalue weighted by Gasteiger charge is -2.19. The molecule has 5 nitrogen and oxygen atoms in total. The maximum atomic E-state index is 10.9. The third-order valence-electron chi connectivity index (χ3n) is 2.29. The number of carbonyl (C=O) groups is 2. The fraction of sp³-hybridized carbons (Fsp3) is 0.273. The van der Waals surface area contributed by atoms with E-state index in [1.165, 1.54) is 12.1 Å². The third kappa shape index (κ3) is 3.10. The Balaban J connectivity index is 2.74. The van der Waals surface area contributed by atoms with E-state index in [9.17, 15) is 9.59 Å². The second kappa shape index (κ2) is 5.05. The molecular formula is C11H11ClO5. The van der Waals surface area contributed by atoms with E-state index in [-0.39, 0.29) is 0 Å². The van der Waals surface area contributed by atoms with Crippen LogP contribution in [-0.2, 0) is 9.59 Å². The smallest absolute Gasteiger partial charge is 0.324 e. The van der Waals surface area contributed by atoms with E-state index in [1.807, 2.05) is 0 Å². The summed E-state index contributed by atoms with van der Waals surface area (Å²) in [6, 6.07) is 6.20.